The van der Waals surface area contributed by atoms with Gasteiger partial charge in [0, 0.05) is 5.56 Å². The van der Waals surface area contributed by atoms with Crippen molar-refractivity contribution in [3.8, 4) is 11.5 Å². The number of carbonyl (C=O) groups is 1. The van der Waals surface area contributed by atoms with Crippen LogP contribution in [-0.2, 0) is 0 Å². The van der Waals surface area contributed by atoms with Gasteiger partial charge in [0.2, 0.25) is 0 Å². The first kappa shape index (κ1) is 15.9. The number of nitrogens with one attached hydrogen (secondary N) is 1. The number of hydrogen-bond donors (Lipinski definition) is 1. The average Bonchev–Trinajstić information content (AvgIpc) is 2.53. The Kier molecular flexibility index (Phi) is 5.42. The molecule has 22 heavy (non-hydrogen) atoms. The van der Waals surface area contributed by atoms with Gasteiger partial charge in [-0.15, -0.1) is 0 Å². The minimum atomic E-state index is -0.0887. The molecule has 0 spiro atoms. The predicted molar refractivity (Wildman–Crippen MR) is 86.6 cm³/mol. The first-order valence-electron chi connectivity index (χ1n) is 7.23. The third-order valence-corrected chi connectivity index (χ3v) is 3.33. The number of carbonyl (C=O) groups excluding carboxylic acids is 1. The lowest BCUT2D eigenvalue weighted by Crippen LogP contribution is -2.37. The Morgan fingerprint density at radius 2 is 1.73 bits per heavy atom. The van der Waals surface area contributed by atoms with E-state index >= 15 is 0 Å². The van der Waals surface area contributed by atoms with Crippen LogP contribution in [0.4, 0.5) is 0 Å². The molecule has 1 atom stereocenters. The molecule has 4 heteroatoms. The SMILES string of the molecule is COc1ccc(OC[C@H](C)NC(=O)c2ccccc2C)cc1. The highest BCUT2D eigenvalue weighted by atomic mass is 16.5. The first-order valence-corrected chi connectivity index (χ1v) is 7.23. The zero-order chi connectivity index (χ0) is 15.9. The highest BCUT2D eigenvalue weighted by molar-refractivity contribution is 5.95. The number of benzene rings is 2. The Balaban J connectivity index is 1.86. The van der Waals surface area contributed by atoms with Crippen LogP contribution < -0.4 is 14.8 Å². The predicted octanol–water partition coefficient (Wildman–Crippen LogP) is 3.20. The summed E-state index contributed by atoms with van der Waals surface area (Å²) in [6.07, 6.45) is 0. The third-order valence-electron chi connectivity index (χ3n) is 3.33. The van der Waals surface area contributed by atoms with Crippen LogP contribution >= 0.6 is 0 Å². The van der Waals surface area contributed by atoms with Crippen LogP contribution in [0.25, 0.3) is 0 Å². The molecule has 0 saturated carbocycles. The van der Waals surface area contributed by atoms with E-state index in [1.54, 1.807) is 7.11 Å². The standard InChI is InChI=1S/C18H21NO3/c1-13-6-4-5-7-17(13)18(20)19-14(2)12-22-16-10-8-15(21-3)9-11-16/h4-11,14H,12H2,1-3H3,(H,19,20)/t14-/m0/s1. The lowest BCUT2D eigenvalue weighted by molar-refractivity contribution is 0.0926. The van der Waals surface area contributed by atoms with E-state index in [0.717, 1.165) is 17.1 Å². The molecule has 0 saturated heterocycles. The van der Waals surface area contributed by atoms with Gasteiger partial charge in [0.1, 0.15) is 18.1 Å². The summed E-state index contributed by atoms with van der Waals surface area (Å²) in [5.74, 6) is 1.45. The summed E-state index contributed by atoms with van der Waals surface area (Å²) in [6.45, 7) is 4.25. The fourth-order valence-electron chi connectivity index (χ4n) is 2.06. The summed E-state index contributed by atoms with van der Waals surface area (Å²) in [5, 5.41) is 2.94. The van der Waals surface area contributed by atoms with Crippen molar-refractivity contribution in [3.05, 3.63) is 59.7 Å². The van der Waals surface area contributed by atoms with Gasteiger partial charge < -0.3 is 14.8 Å². The smallest absolute Gasteiger partial charge is 0.251 e. The molecular formula is C18H21NO3. The molecule has 0 aromatic heterocycles. The fraction of sp³-hybridized carbons (Fsp3) is 0.278. The van der Waals surface area contributed by atoms with E-state index in [1.165, 1.54) is 0 Å². The van der Waals surface area contributed by atoms with Crippen molar-refractivity contribution in [2.24, 2.45) is 0 Å². The van der Waals surface area contributed by atoms with E-state index in [1.807, 2.05) is 62.4 Å². The maximum atomic E-state index is 12.2. The summed E-state index contributed by atoms with van der Waals surface area (Å²) in [4.78, 5) is 12.2. The van der Waals surface area contributed by atoms with E-state index in [0.29, 0.717) is 12.2 Å². The number of aryl methyl sites for hydroxylation is 1. The topological polar surface area (TPSA) is 47.6 Å². The second-order valence-corrected chi connectivity index (χ2v) is 5.18. The molecule has 4 nitrogen and oxygen atoms in total. The maximum Gasteiger partial charge on any atom is 0.251 e. The Morgan fingerprint density at radius 1 is 1.09 bits per heavy atom. The molecule has 0 radical (unpaired) electrons. The summed E-state index contributed by atoms with van der Waals surface area (Å²) in [7, 11) is 1.62. The lowest BCUT2D eigenvalue weighted by atomic mass is 10.1. The average molecular weight is 299 g/mol. The van der Waals surface area contributed by atoms with Gasteiger partial charge in [0.15, 0.2) is 0 Å². The lowest BCUT2D eigenvalue weighted by Gasteiger charge is -2.16. The molecule has 116 valence electrons. The molecule has 0 bridgehead atoms. The Bertz CT molecular complexity index is 622. The summed E-state index contributed by atoms with van der Waals surface area (Å²) < 4.78 is 10.8. The summed E-state index contributed by atoms with van der Waals surface area (Å²) in [5.41, 5.74) is 1.65. The molecule has 0 aliphatic rings. The van der Waals surface area contributed by atoms with Crippen molar-refractivity contribution in [2.45, 2.75) is 19.9 Å². The zero-order valence-corrected chi connectivity index (χ0v) is 13.1. The number of hydrogen-bond acceptors (Lipinski definition) is 3. The van der Waals surface area contributed by atoms with E-state index in [4.69, 9.17) is 9.47 Å². The highest BCUT2D eigenvalue weighted by Crippen LogP contribution is 2.17. The maximum absolute atomic E-state index is 12.2. The van der Waals surface area contributed by atoms with Crippen molar-refractivity contribution >= 4 is 5.91 Å². The van der Waals surface area contributed by atoms with Crippen molar-refractivity contribution < 1.29 is 14.3 Å². The van der Waals surface area contributed by atoms with Crippen LogP contribution in [0.1, 0.15) is 22.8 Å². The van der Waals surface area contributed by atoms with Gasteiger partial charge in [0.05, 0.1) is 13.2 Å². The van der Waals surface area contributed by atoms with Crippen molar-refractivity contribution in [1.82, 2.24) is 5.32 Å². The van der Waals surface area contributed by atoms with Gasteiger partial charge in [-0.1, -0.05) is 18.2 Å². The van der Waals surface area contributed by atoms with E-state index in [2.05, 4.69) is 5.32 Å². The van der Waals surface area contributed by atoms with E-state index < -0.39 is 0 Å². The van der Waals surface area contributed by atoms with Gasteiger partial charge in [-0.3, -0.25) is 4.79 Å². The van der Waals surface area contributed by atoms with Gasteiger partial charge in [-0.2, -0.15) is 0 Å². The number of amides is 1. The fourth-order valence-corrected chi connectivity index (χ4v) is 2.06. The molecule has 1 N–H and O–H groups in total. The minimum absolute atomic E-state index is 0.0797. The Morgan fingerprint density at radius 3 is 2.36 bits per heavy atom. The first-order chi connectivity index (χ1) is 10.6. The number of ether oxygens (including phenoxy) is 2. The number of methoxy groups -OCH3 is 1. The van der Waals surface area contributed by atoms with Gasteiger partial charge in [0.25, 0.3) is 5.91 Å². The minimum Gasteiger partial charge on any atom is -0.497 e. The van der Waals surface area contributed by atoms with Crippen LogP contribution in [0.3, 0.4) is 0 Å². The Hall–Kier alpha value is -2.49. The van der Waals surface area contributed by atoms with Crippen LogP contribution in [-0.4, -0.2) is 25.7 Å². The van der Waals surface area contributed by atoms with Crippen LogP contribution in [0.15, 0.2) is 48.5 Å². The molecule has 2 rings (SSSR count). The molecular weight excluding hydrogens is 278 g/mol. The van der Waals surface area contributed by atoms with Crippen molar-refractivity contribution in [1.29, 1.82) is 0 Å². The molecule has 2 aromatic carbocycles. The molecule has 0 aliphatic heterocycles. The van der Waals surface area contributed by atoms with Gasteiger partial charge in [-0.05, 0) is 49.7 Å². The normalized spacial score (nSPS) is 11.6. The van der Waals surface area contributed by atoms with Gasteiger partial charge >= 0.3 is 0 Å². The van der Waals surface area contributed by atoms with E-state index in [9.17, 15) is 4.79 Å². The quantitative estimate of drug-likeness (QED) is 0.891. The second-order valence-electron chi connectivity index (χ2n) is 5.18. The Labute approximate surface area is 131 Å². The molecule has 1 amide bonds. The van der Waals surface area contributed by atoms with E-state index in [-0.39, 0.29) is 11.9 Å². The second kappa shape index (κ2) is 7.50. The number of rotatable bonds is 6. The molecule has 0 unspecified atom stereocenters. The summed E-state index contributed by atoms with van der Waals surface area (Å²) in [6, 6.07) is 14.8. The zero-order valence-electron chi connectivity index (χ0n) is 13.1. The largest absolute Gasteiger partial charge is 0.497 e. The van der Waals surface area contributed by atoms with Gasteiger partial charge in [-0.25, -0.2) is 0 Å². The summed E-state index contributed by atoms with van der Waals surface area (Å²) >= 11 is 0. The molecule has 0 aliphatic carbocycles. The molecule has 2 aromatic rings. The van der Waals surface area contributed by atoms with Crippen LogP contribution in [0, 0.1) is 6.92 Å². The monoisotopic (exact) mass is 299 g/mol. The van der Waals surface area contributed by atoms with Crippen molar-refractivity contribution in [2.75, 3.05) is 13.7 Å². The molecule has 0 heterocycles. The van der Waals surface area contributed by atoms with Crippen LogP contribution in [0.5, 0.6) is 11.5 Å². The third kappa shape index (κ3) is 4.25. The van der Waals surface area contributed by atoms with Crippen LogP contribution in [0.2, 0.25) is 0 Å². The molecule has 0 fully saturated rings. The van der Waals surface area contributed by atoms with Crippen molar-refractivity contribution in [3.63, 3.8) is 0 Å². The highest BCUT2D eigenvalue weighted by Gasteiger charge is 2.12.